The standard InChI is InChI=1S/C31H44FN5O2/c1-6-27-24(12-23-8-7-9-25(32)13-23)14-28-30(34-27)31(4,5)20-37(28)29(38)18-36-16-21(2)33-15-26(36)17-35-10-11-39-19-22(35)3/h7-9,13-14,21-22,26,33H,6,10-12,15-20H2,1-5H3/t21-,22-,26-/m1/s1. The number of aromatic nitrogens is 1. The monoisotopic (exact) mass is 537 g/mol. The van der Waals surface area contributed by atoms with Gasteiger partial charge in [-0.25, -0.2) is 4.39 Å². The van der Waals surface area contributed by atoms with E-state index in [1.54, 1.807) is 12.1 Å². The van der Waals surface area contributed by atoms with Crippen LogP contribution < -0.4 is 10.2 Å². The molecule has 2 aromatic rings. The number of aryl methyl sites for hydroxylation is 1. The van der Waals surface area contributed by atoms with Crippen molar-refractivity contribution < 1.29 is 13.9 Å². The Balaban J connectivity index is 1.38. The van der Waals surface area contributed by atoms with E-state index in [-0.39, 0.29) is 23.2 Å². The summed E-state index contributed by atoms with van der Waals surface area (Å²) in [5.74, 6) is -0.109. The molecular weight excluding hydrogens is 493 g/mol. The number of anilines is 1. The van der Waals surface area contributed by atoms with E-state index in [0.717, 1.165) is 74.0 Å². The fraction of sp³-hybridized carbons (Fsp3) is 0.613. The Labute approximate surface area is 232 Å². The molecule has 3 atom stereocenters. The van der Waals surface area contributed by atoms with Gasteiger partial charge in [0, 0.05) is 62.0 Å². The molecule has 1 aromatic carbocycles. The van der Waals surface area contributed by atoms with Crippen molar-refractivity contribution in [3.8, 4) is 0 Å². The molecule has 212 valence electrons. The maximum atomic E-state index is 14.0. The summed E-state index contributed by atoms with van der Waals surface area (Å²) in [6.45, 7) is 17.0. The second-order valence-corrected chi connectivity index (χ2v) is 12.3. The number of hydrogen-bond acceptors (Lipinski definition) is 6. The molecule has 0 spiro atoms. The minimum atomic E-state index is -0.233. The third-order valence-electron chi connectivity index (χ3n) is 8.59. The molecule has 2 fully saturated rings. The largest absolute Gasteiger partial charge is 0.379 e. The van der Waals surface area contributed by atoms with E-state index in [1.807, 2.05) is 11.0 Å². The van der Waals surface area contributed by atoms with Crippen molar-refractivity contribution in [1.82, 2.24) is 20.1 Å². The van der Waals surface area contributed by atoms with E-state index >= 15 is 0 Å². The lowest BCUT2D eigenvalue weighted by atomic mass is 9.90. The van der Waals surface area contributed by atoms with Gasteiger partial charge in [-0.3, -0.25) is 19.6 Å². The number of halogens is 1. The van der Waals surface area contributed by atoms with Gasteiger partial charge in [-0.2, -0.15) is 0 Å². The summed E-state index contributed by atoms with van der Waals surface area (Å²) in [4.78, 5) is 25.9. The first-order valence-corrected chi connectivity index (χ1v) is 14.5. The number of nitrogens with one attached hydrogen (secondary N) is 1. The molecule has 3 aliphatic rings. The van der Waals surface area contributed by atoms with Gasteiger partial charge < -0.3 is 15.0 Å². The normalized spacial score (nSPS) is 25.6. The van der Waals surface area contributed by atoms with Crippen LogP contribution in [0, 0.1) is 5.82 Å². The molecule has 8 heteroatoms. The molecule has 0 bridgehead atoms. The van der Waals surface area contributed by atoms with Crippen LogP contribution in [0.3, 0.4) is 0 Å². The Kier molecular flexibility index (Phi) is 8.38. The van der Waals surface area contributed by atoms with Gasteiger partial charge in [0.25, 0.3) is 0 Å². The van der Waals surface area contributed by atoms with Crippen molar-refractivity contribution in [2.75, 3.05) is 57.4 Å². The molecular formula is C31H44FN5O2. The lowest BCUT2D eigenvalue weighted by Gasteiger charge is -2.43. The molecule has 39 heavy (non-hydrogen) atoms. The highest BCUT2D eigenvalue weighted by atomic mass is 19.1. The number of rotatable bonds is 7. The van der Waals surface area contributed by atoms with Crippen LogP contribution in [0.1, 0.15) is 57.1 Å². The van der Waals surface area contributed by atoms with Crippen molar-refractivity contribution >= 4 is 11.6 Å². The van der Waals surface area contributed by atoms with Crippen LogP contribution in [-0.2, 0) is 27.8 Å². The van der Waals surface area contributed by atoms with Gasteiger partial charge in [0.1, 0.15) is 5.82 Å². The third-order valence-corrected chi connectivity index (χ3v) is 8.59. The highest BCUT2D eigenvalue weighted by Gasteiger charge is 2.41. The minimum absolute atomic E-state index is 0.124. The van der Waals surface area contributed by atoms with Crippen molar-refractivity contribution in [2.24, 2.45) is 0 Å². The summed E-state index contributed by atoms with van der Waals surface area (Å²) >= 11 is 0. The number of amides is 1. The summed E-state index contributed by atoms with van der Waals surface area (Å²) in [5.41, 5.74) is 4.67. The molecule has 5 rings (SSSR count). The quantitative estimate of drug-likeness (QED) is 0.585. The van der Waals surface area contributed by atoms with Crippen molar-refractivity contribution in [1.29, 1.82) is 0 Å². The topological polar surface area (TPSA) is 60.9 Å². The van der Waals surface area contributed by atoms with E-state index < -0.39 is 0 Å². The highest BCUT2D eigenvalue weighted by Crippen LogP contribution is 2.41. The second-order valence-electron chi connectivity index (χ2n) is 12.3. The first-order chi connectivity index (χ1) is 18.6. The highest BCUT2D eigenvalue weighted by molar-refractivity contribution is 5.97. The van der Waals surface area contributed by atoms with Crippen LogP contribution in [-0.4, -0.2) is 91.3 Å². The lowest BCUT2D eigenvalue weighted by Crippen LogP contribution is -2.62. The van der Waals surface area contributed by atoms with Crippen LogP contribution >= 0.6 is 0 Å². The Hall–Kier alpha value is -2.39. The van der Waals surface area contributed by atoms with Gasteiger partial charge in [-0.1, -0.05) is 32.9 Å². The average Bonchev–Trinajstić information content (AvgIpc) is 3.16. The fourth-order valence-corrected chi connectivity index (χ4v) is 6.36. The molecule has 0 radical (unpaired) electrons. The number of fused-ring (bicyclic) bond motifs is 1. The first-order valence-electron chi connectivity index (χ1n) is 14.5. The van der Waals surface area contributed by atoms with E-state index in [9.17, 15) is 9.18 Å². The SMILES string of the molecule is CCc1nc2c(cc1Cc1cccc(F)c1)N(C(=O)CN1C[C@@H](C)NC[C@@H]1CN1CCOC[C@H]1C)CC2(C)C. The number of piperazine rings is 1. The van der Waals surface area contributed by atoms with E-state index in [0.29, 0.717) is 31.6 Å². The van der Waals surface area contributed by atoms with Gasteiger partial charge >= 0.3 is 0 Å². The van der Waals surface area contributed by atoms with Crippen LogP contribution in [0.2, 0.25) is 0 Å². The zero-order chi connectivity index (χ0) is 27.7. The molecule has 2 saturated heterocycles. The van der Waals surface area contributed by atoms with E-state index in [4.69, 9.17) is 9.72 Å². The zero-order valence-corrected chi connectivity index (χ0v) is 24.2. The maximum absolute atomic E-state index is 14.0. The number of nitrogens with zero attached hydrogens (tertiary/aromatic N) is 4. The smallest absolute Gasteiger partial charge is 0.241 e. The number of pyridine rings is 1. The Morgan fingerprint density at radius 1 is 1.23 bits per heavy atom. The van der Waals surface area contributed by atoms with Crippen LogP contribution in [0.15, 0.2) is 30.3 Å². The van der Waals surface area contributed by atoms with Gasteiger partial charge in [-0.15, -0.1) is 0 Å². The molecule has 4 heterocycles. The molecule has 3 aliphatic heterocycles. The molecule has 1 amide bonds. The van der Waals surface area contributed by atoms with Crippen molar-refractivity contribution in [3.63, 3.8) is 0 Å². The van der Waals surface area contributed by atoms with Gasteiger partial charge in [0.05, 0.1) is 31.1 Å². The molecule has 0 unspecified atom stereocenters. The first kappa shape index (κ1) is 28.1. The summed E-state index contributed by atoms with van der Waals surface area (Å²) in [6, 6.07) is 9.89. The summed E-state index contributed by atoms with van der Waals surface area (Å²) in [6.07, 6.45) is 1.39. The molecule has 0 aliphatic carbocycles. The number of benzene rings is 1. The van der Waals surface area contributed by atoms with Crippen LogP contribution in [0.25, 0.3) is 0 Å². The minimum Gasteiger partial charge on any atom is -0.379 e. The maximum Gasteiger partial charge on any atom is 0.241 e. The Morgan fingerprint density at radius 2 is 2.05 bits per heavy atom. The lowest BCUT2D eigenvalue weighted by molar-refractivity contribution is -0.121. The van der Waals surface area contributed by atoms with Crippen molar-refractivity contribution in [2.45, 2.75) is 71.0 Å². The number of ether oxygens (including phenoxy) is 1. The summed E-state index contributed by atoms with van der Waals surface area (Å²) < 4.78 is 19.5. The number of carbonyl (C=O) groups is 1. The number of morpholine rings is 1. The number of carbonyl (C=O) groups excluding carboxylic acids is 1. The molecule has 1 N–H and O–H groups in total. The van der Waals surface area contributed by atoms with Crippen LogP contribution in [0.4, 0.5) is 10.1 Å². The third kappa shape index (κ3) is 6.19. The van der Waals surface area contributed by atoms with E-state index in [1.165, 1.54) is 6.07 Å². The van der Waals surface area contributed by atoms with Gasteiger partial charge in [0.2, 0.25) is 5.91 Å². The molecule has 1 aromatic heterocycles. The Bertz CT molecular complexity index is 1190. The van der Waals surface area contributed by atoms with Gasteiger partial charge in [-0.05, 0) is 56.0 Å². The fourth-order valence-electron chi connectivity index (χ4n) is 6.36. The molecule has 7 nitrogen and oxygen atoms in total. The predicted octanol–water partition coefficient (Wildman–Crippen LogP) is 3.38. The summed E-state index contributed by atoms with van der Waals surface area (Å²) in [5, 5.41) is 3.62. The van der Waals surface area contributed by atoms with Gasteiger partial charge in [0.15, 0.2) is 0 Å². The second kappa shape index (κ2) is 11.6. The van der Waals surface area contributed by atoms with Crippen LogP contribution in [0.5, 0.6) is 0 Å². The number of hydrogen-bond donors (Lipinski definition) is 1. The zero-order valence-electron chi connectivity index (χ0n) is 24.2. The summed E-state index contributed by atoms with van der Waals surface area (Å²) in [7, 11) is 0. The van der Waals surface area contributed by atoms with Crippen molar-refractivity contribution in [3.05, 3.63) is 58.7 Å². The predicted molar refractivity (Wildman–Crippen MR) is 153 cm³/mol. The molecule has 0 saturated carbocycles. The average molecular weight is 538 g/mol. The Morgan fingerprint density at radius 3 is 2.79 bits per heavy atom. The van der Waals surface area contributed by atoms with E-state index in [2.05, 4.69) is 55.8 Å².